The molecule has 192 valence electrons. The van der Waals surface area contributed by atoms with E-state index in [-0.39, 0.29) is 23.2 Å². The van der Waals surface area contributed by atoms with Gasteiger partial charge in [0.1, 0.15) is 5.75 Å². The number of nitrogens with zero attached hydrogens (tertiary/aromatic N) is 3. The number of halogens is 3. The lowest BCUT2D eigenvalue weighted by atomic mass is 9.61. The Hall–Kier alpha value is -3.30. The van der Waals surface area contributed by atoms with Gasteiger partial charge in [-0.25, -0.2) is 4.79 Å². The molecule has 1 aromatic carbocycles. The highest BCUT2D eigenvalue weighted by Gasteiger charge is 2.48. The fourth-order valence-electron chi connectivity index (χ4n) is 5.35. The summed E-state index contributed by atoms with van der Waals surface area (Å²) >= 11 is 0. The molecule has 2 aromatic rings. The summed E-state index contributed by atoms with van der Waals surface area (Å²) < 4.78 is 49.9. The van der Waals surface area contributed by atoms with Crippen molar-refractivity contribution in [1.82, 2.24) is 14.8 Å². The van der Waals surface area contributed by atoms with Gasteiger partial charge in [0.15, 0.2) is 5.75 Å². The summed E-state index contributed by atoms with van der Waals surface area (Å²) in [7, 11) is 0. The Labute approximate surface area is 207 Å². The van der Waals surface area contributed by atoms with Gasteiger partial charge in [-0.3, -0.25) is 9.78 Å². The third kappa shape index (κ3) is 5.27. The largest absolute Gasteiger partial charge is 0.490 e. The number of hydrogen-bond donors (Lipinski definition) is 0. The lowest BCUT2D eigenvalue weighted by Gasteiger charge is -2.51. The molecule has 1 aromatic heterocycles. The third-order valence-electron chi connectivity index (χ3n) is 7.43. The van der Waals surface area contributed by atoms with Gasteiger partial charge in [0.25, 0.3) is 5.91 Å². The van der Waals surface area contributed by atoms with Crippen molar-refractivity contribution in [3.63, 3.8) is 0 Å². The molecule has 3 fully saturated rings. The second kappa shape index (κ2) is 9.63. The van der Waals surface area contributed by atoms with Crippen molar-refractivity contribution in [1.29, 1.82) is 0 Å². The first kappa shape index (κ1) is 24.4. The van der Waals surface area contributed by atoms with E-state index in [9.17, 15) is 22.8 Å². The average molecular weight is 504 g/mol. The molecule has 1 spiro atoms. The van der Waals surface area contributed by atoms with Crippen molar-refractivity contribution in [2.45, 2.75) is 50.8 Å². The van der Waals surface area contributed by atoms with Gasteiger partial charge in [-0.2, -0.15) is 13.2 Å². The predicted octanol–water partition coefficient (Wildman–Crippen LogP) is 5.16. The second-order valence-corrected chi connectivity index (χ2v) is 9.94. The van der Waals surface area contributed by atoms with Crippen molar-refractivity contribution in [2.75, 3.05) is 26.2 Å². The highest BCUT2D eigenvalue weighted by molar-refractivity contribution is 5.94. The van der Waals surface area contributed by atoms with Crippen molar-refractivity contribution < 1.29 is 32.2 Å². The van der Waals surface area contributed by atoms with Crippen LogP contribution in [0.3, 0.4) is 0 Å². The third-order valence-corrected chi connectivity index (χ3v) is 7.43. The van der Waals surface area contributed by atoms with E-state index in [0.717, 1.165) is 63.9 Å². The van der Waals surface area contributed by atoms with Gasteiger partial charge in [0.2, 0.25) is 0 Å². The first-order valence-electron chi connectivity index (χ1n) is 12.3. The Morgan fingerprint density at radius 2 is 1.67 bits per heavy atom. The molecule has 1 aliphatic carbocycles. The van der Waals surface area contributed by atoms with Crippen LogP contribution in [0.5, 0.6) is 11.5 Å². The normalized spacial score (nSPS) is 19.8. The van der Waals surface area contributed by atoms with Crippen molar-refractivity contribution in [3.8, 4) is 11.5 Å². The van der Waals surface area contributed by atoms with Crippen LogP contribution >= 0.6 is 0 Å². The molecule has 3 heterocycles. The number of alkyl halides is 3. The predicted molar refractivity (Wildman–Crippen MR) is 124 cm³/mol. The summed E-state index contributed by atoms with van der Waals surface area (Å²) in [6.07, 6.45) is 1.98. The minimum Gasteiger partial charge on any atom is -0.490 e. The quantitative estimate of drug-likeness (QED) is 0.577. The monoisotopic (exact) mass is 503 g/mol. The maximum Gasteiger partial charge on any atom is 0.418 e. The number of aromatic nitrogens is 1. The molecular formula is C26H28F3N3O4. The molecule has 2 aliphatic heterocycles. The number of piperidine rings is 1. The molecule has 0 radical (unpaired) electrons. The Balaban J connectivity index is 1.10. The van der Waals surface area contributed by atoms with Gasteiger partial charge in [-0.15, -0.1) is 0 Å². The van der Waals surface area contributed by atoms with Crippen molar-refractivity contribution in [2.24, 2.45) is 5.41 Å². The molecule has 2 saturated heterocycles. The van der Waals surface area contributed by atoms with Crippen LogP contribution in [-0.2, 0) is 6.18 Å². The van der Waals surface area contributed by atoms with Crippen molar-refractivity contribution >= 4 is 12.0 Å². The van der Waals surface area contributed by atoms with Gasteiger partial charge in [-0.05, 0) is 68.2 Å². The Kier molecular flexibility index (Phi) is 6.53. The van der Waals surface area contributed by atoms with Crippen molar-refractivity contribution in [3.05, 3.63) is 53.9 Å². The van der Waals surface area contributed by atoms with Crippen LogP contribution < -0.4 is 9.47 Å². The second-order valence-electron chi connectivity index (χ2n) is 9.94. The van der Waals surface area contributed by atoms with Gasteiger partial charge >= 0.3 is 12.3 Å². The van der Waals surface area contributed by atoms with Crippen LogP contribution in [0.25, 0.3) is 0 Å². The minimum atomic E-state index is -4.56. The number of carbonyl (C=O) groups excluding carboxylic acids is 2. The topological polar surface area (TPSA) is 72.0 Å². The maximum atomic E-state index is 12.9. The van der Waals surface area contributed by atoms with E-state index < -0.39 is 17.8 Å². The van der Waals surface area contributed by atoms with Crippen LogP contribution in [-0.4, -0.2) is 59.1 Å². The van der Waals surface area contributed by atoms with E-state index in [0.29, 0.717) is 30.6 Å². The fraction of sp³-hybridized carbons (Fsp3) is 0.500. The van der Waals surface area contributed by atoms with Gasteiger partial charge in [-0.1, -0.05) is 6.07 Å². The molecule has 0 N–H and O–H groups in total. The summed E-state index contributed by atoms with van der Waals surface area (Å²) in [4.78, 5) is 32.0. The van der Waals surface area contributed by atoms with E-state index in [1.54, 1.807) is 0 Å². The van der Waals surface area contributed by atoms with Gasteiger partial charge < -0.3 is 19.3 Å². The number of ether oxygens (including phenoxy) is 2. The number of benzene rings is 1. The molecule has 10 heteroatoms. The summed E-state index contributed by atoms with van der Waals surface area (Å²) in [5.74, 6) is 0.511. The molecule has 5 rings (SSSR count). The smallest absolute Gasteiger partial charge is 0.418 e. The lowest BCUT2D eigenvalue weighted by molar-refractivity contribution is -0.137. The zero-order valence-electron chi connectivity index (χ0n) is 19.8. The highest BCUT2D eigenvalue weighted by Crippen LogP contribution is 2.50. The number of likely N-dealkylation sites (tertiary alicyclic amines) is 2. The van der Waals surface area contributed by atoms with Crippen LogP contribution in [0.15, 0.2) is 42.7 Å². The fourth-order valence-corrected chi connectivity index (χ4v) is 5.35. The van der Waals surface area contributed by atoms with Crippen LogP contribution in [0.4, 0.5) is 18.0 Å². The van der Waals surface area contributed by atoms with E-state index in [2.05, 4.69) is 4.98 Å². The first-order valence-corrected chi connectivity index (χ1v) is 12.3. The molecule has 36 heavy (non-hydrogen) atoms. The molecule has 3 aliphatic rings. The molecule has 1 saturated carbocycles. The Morgan fingerprint density at radius 3 is 2.36 bits per heavy atom. The molecule has 0 unspecified atom stereocenters. The summed E-state index contributed by atoms with van der Waals surface area (Å²) in [6, 6.07) is 8.12. The van der Waals surface area contributed by atoms with Crippen LogP contribution in [0.2, 0.25) is 0 Å². The number of hydrogen-bond acceptors (Lipinski definition) is 5. The zero-order valence-corrected chi connectivity index (χ0v) is 19.8. The maximum absolute atomic E-state index is 12.9. The number of rotatable bonds is 4. The lowest BCUT2D eigenvalue weighted by Crippen LogP contribution is -2.52. The highest BCUT2D eigenvalue weighted by atomic mass is 19.4. The number of pyridine rings is 1. The summed E-state index contributed by atoms with van der Waals surface area (Å²) in [5.41, 5.74) is -0.231. The molecule has 0 atom stereocenters. The van der Waals surface area contributed by atoms with Gasteiger partial charge in [0, 0.05) is 37.9 Å². The van der Waals surface area contributed by atoms with E-state index in [4.69, 9.17) is 9.47 Å². The molecule has 0 bridgehead atoms. The zero-order chi connectivity index (χ0) is 25.3. The SMILES string of the molecule is O=C(Oc1cncc(C(F)(F)F)c1)N1CCC2(CC1)CC(Oc1cccc(C(=O)N3CCCC3)c1)C2. The Bertz CT molecular complexity index is 1120. The summed E-state index contributed by atoms with van der Waals surface area (Å²) in [6.45, 7) is 2.54. The average Bonchev–Trinajstić information content (AvgIpc) is 3.38. The summed E-state index contributed by atoms with van der Waals surface area (Å²) in [5, 5.41) is 0. The number of amides is 2. The van der Waals surface area contributed by atoms with Crippen LogP contribution in [0.1, 0.15) is 54.4 Å². The number of carbonyl (C=O) groups is 2. The molecule has 2 amide bonds. The molecular weight excluding hydrogens is 475 g/mol. The van der Waals surface area contributed by atoms with Crippen LogP contribution in [0, 0.1) is 5.41 Å². The first-order chi connectivity index (χ1) is 17.2. The standard InChI is InChI=1S/C26H28F3N3O4/c27-26(28,29)19-13-21(17-30-16-19)36-24(34)32-10-6-25(7-11-32)14-22(15-25)35-20-5-3-4-18(12-20)23(33)31-8-1-2-9-31/h3-5,12-13,16-17,22H,1-2,6-11,14-15H2. The van der Waals surface area contributed by atoms with E-state index >= 15 is 0 Å². The van der Waals surface area contributed by atoms with Gasteiger partial charge in [0.05, 0.1) is 17.9 Å². The van der Waals surface area contributed by atoms with E-state index in [1.165, 1.54) is 4.90 Å². The Morgan fingerprint density at radius 1 is 0.944 bits per heavy atom. The van der Waals surface area contributed by atoms with E-state index in [1.807, 2.05) is 29.2 Å². The molecule has 7 nitrogen and oxygen atoms in total. The minimum absolute atomic E-state index is 0.0446.